The van der Waals surface area contributed by atoms with E-state index in [0.717, 1.165) is 37.8 Å². The summed E-state index contributed by atoms with van der Waals surface area (Å²) in [5, 5.41) is 0. The quantitative estimate of drug-likeness (QED) is 0.734. The summed E-state index contributed by atoms with van der Waals surface area (Å²) >= 11 is 0. The Hall–Kier alpha value is -1.56. The molecule has 1 aromatic carbocycles. The molecule has 1 aromatic rings. The number of rotatable bonds is 6. The molecule has 0 spiro atoms. The number of hydrogen-bond donors (Lipinski definition) is 0. The van der Waals surface area contributed by atoms with E-state index in [-0.39, 0.29) is 24.3 Å². The predicted octanol–water partition coefficient (Wildman–Crippen LogP) is 3.93. The first kappa shape index (κ1) is 21.7. The highest BCUT2D eigenvalue weighted by molar-refractivity contribution is 7.92. The second-order valence-corrected chi connectivity index (χ2v) is 10.4. The zero-order chi connectivity index (χ0) is 20.2. The van der Waals surface area contributed by atoms with Crippen molar-refractivity contribution in [3.63, 3.8) is 0 Å². The number of likely N-dealkylation sites (tertiary alicyclic amines) is 1. The van der Waals surface area contributed by atoms with Crippen molar-refractivity contribution in [2.75, 3.05) is 23.7 Å². The van der Waals surface area contributed by atoms with Gasteiger partial charge >= 0.3 is 0 Å². The molecule has 1 amide bonds. The maximum Gasteiger partial charge on any atom is 0.232 e. The molecule has 152 valence electrons. The summed E-state index contributed by atoms with van der Waals surface area (Å²) in [4.78, 5) is 14.7. The second-order valence-electron chi connectivity index (χ2n) is 8.53. The van der Waals surface area contributed by atoms with Crippen molar-refractivity contribution in [1.82, 2.24) is 4.90 Å². The predicted molar refractivity (Wildman–Crippen MR) is 112 cm³/mol. The van der Waals surface area contributed by atoms with Crippen molar-refractivity contribution in [1.29, 1.82) is 0 Å². The van der Waals surface area contributed by atoms with E-state index in [9.17, 15) is 13.2 Å². The van der Waals surface area contributed by atoms with Gasteiger partial charge in [-0.1, -0.05) is 39.8 Å². The van der Waals surface area contributed by atoms with Crippen LogP contribution < -0.4 is 4.31 Å². The average Bonchev–Trinajstić information content (AvgIpc) is 2.60. The van der Waals surface area contributed by atoms with Crippen molar-refractivity contribution >= 4 is 21.6 Å². The number of nitrogens with zero attached hydrogens (tertiary/aromatic N) is 2. The van der Waals surface area contributed by atoms with Crippen LogP contribution >= 0.6 is 0 Å². The lowest BCUT2D eigenvalue weighted by molar-refractivity contribution is -0.134. The fourth-order valence-corrected chi connectivity index (χ4v) is 4.64. The molecule has 0 radical (unpaired) electrons. The minimum absolute atomic E-state index is 0.00778. The van der Waals surface area contributed by atoms with Crippen LogP contribution in [0.3, 0.4) is 0 Å². The second kappa shape index (κ2) is 8.63. The Morgan fingerprint density at radius 1 is 1.19 bits per heavy atom. The van der Waals surface area contributed by atoms with E-state index in [1.165, 1.54) is 10.6 Å². The van der Waals surface area contributed by atoms with E-state index >= 15 is 0 Å². The maximum atomic E-state index is 12.7. The lowest BCUT2D eigenvalue weighted by Gasteiger charge is -2.36. The van der Waals surface area contributed by atoms with Crippen molar-refractivity contribution in [3.8, 4) is 0 Å². The van der Waals surface area contributed by atoms with Gasteiger partial charge in [-0.2, -0.15) is 0 Å². The molecule has 1 aliphatic rings. The molecule has 2 rings (SSSR count). The third-order valence-electron chi connectivity index (χ3n) is 5.37. The Balaban J connectivity index is 2.12. The Bertz CT molecular complexity index is 736. The van der Waals surface area contributed by atoms with Crippen LogP contribution in [0.1, 0.15) is 65.4 Å². The molecule has 1 unspecified atom stereocenters. The Kier molecular flexibility index (Phi) is 6.95. The summed E-state index contributed by atoms with van der Waals surface area (Å²) in [5.74, 6) is 0.0570. The fourth-order valence-electron chi connectivity index (χ4n) is 3.71. The van der Waals surface area contributed by atoms with E-state index in [4.69, 9.17) is 0 Å². The van der Waals surface area contributed by atoms with Gasteiger partial charge in [0.1, 0.15) is 0 Å². The normalized spacial score (nSPS) is 18.4. The average molecular weight is 395 g/mol. The molecule has 1 atom stereocenters. The van der Waals surface area contributed by atoms with E-state index in [0.29, 0.717) is 11.7 Å². The van der Waals surface area contributed by atoms with Crippen LogP contribution in [0.5, 0.6) is 0 Å². The molecule has 0 N–H and O–H groups in total. The molecule has 5 nitrogen and oxygen atoms in total. The first-order valence-corrected chi connectivity index (χ1v) is 11.8. The molecule has 0 bridgehead atoms. The molecule has 0 saturated carbocycles. The van der Waals surface area contributed by atoms with Crippen LogP contribution in [0.15, 0.2) is 24.3 Å². The van der Waals surface area contributed by atoms with Crippen LogP contribution in [0.25, 0.3) is 0 Å². The van der Waals surface area contributed by atoms with Gasteiger partial charge in [0.25, 0.3) is 0 Å². The summed E-state index contributed by atoms with van der Waals surface area (Å²) < 4.78 is 26.0. The highest BCUT2D eigenvalue weighted by Crippen LogP contribution is 2.26. The SMILES string of the molecule is CCC1CCCCN1C(=O)CCN(c1ccc(C(C)(C)C)cc1)S(C)(=O)=O. The summed E-state index contributed by atoms with van der Waals surface area (Å²) in [6.07, 6.45) is 5.61. The van der Waals surface area contributed by atoms with E-state index in [2.05, 4.69) is 27.7 Å². The summed E-state index contributed by atoms with van der Waals surface area (Å²) in [6, 6.07) is 7.90. The molecular weight excluding hydrogens is 360 g/mol. The largest absolute Gasteiger partial charge is 0.340 e. The minimum atomic E-state index is -3.45. The summed E-state index contributed by atoms with van der Waals surface area (Å²) in [6.45, 7) is 9.44. The molecule has 1 saturated heterocycles. The maximum absolute atomic E-state index is 12.7. The Morgan fingerprint density at radius 3 is 2.33 bits per heavy atom. The number of amides is 1. The minimum Gasteiger partial charge on any atom is -0.340 e. The van der Waals surface area contributed by atoms with Crippen molar-refractivity contribution in [2.45, 2.75) is 71.3 Å². The number of carbonyl (C=O) groups excluding carboxylic acids is 1. The lowest BCUT2D eigenvalue weighted by Crippen LogP contribution is -2.44. The van der Waals surface area contributed by atoms with Gasteiger partial charge in [0, 0.05) is 25.6 Å². The summed E-state index contributed by atoms with van der Waals surface area (Å²) in [7, 11) is -3.45. The number of piperidine rings is 1. The molecule has 1 aliphatic heterocycles. The fraction of sp³-hybridized carbons (Fsp3) is 0.667. The highest BCUT2D eigenvalue weighted by atomic mass is 32.2. The number of sulfonamides is 1. The van der Waals surface area contributed by atoms with Crippen molar-refractivity contribution in [3.05, 3.63) is 29.8 Å². The van der Waals surface area contributed by atoms with Gasteiger partial charge in [0.2, 0.25) is 15.9 Å². The molecule has 1 fully saturated rings. The molecular formula is C21H34N2O3S. The van der Waals surface area contributed by atoms with Gasteiger partial charge in [-0.3, -0.25) is 9.10 Å². The van der Waals surface area contributed by atoms with Crippen LogP contribution in [-0.4, -0.2) is 44.6 Å². The number of anilines is 1. The van der Waals surface area contributed by atoms with E-state index in [1.54, 1.807) is 0 Å². The van der Waals surface area contributed by atoms with Crippen LogP contribution in [-0.2, 0) is 20.2 Å². The van der Waals surface area contributed by atoms with Crippen LogP contribution in [0, 0.1) is 0 Å². The van der Waals surface area contributed by atoms with E-state index in [1.807, 2.05) is 29.2 Å². The lowest BCUT2D eigenvalue weighted by atomic mass is 9.87. The van der Waals surface area contributed by atoms with Crippen LogP contribution in [0.2, 0.25) is 0 Å². The first-order valence-electron chi connectivity index (χ1n) is 9.91. The molecule has 6 heteroatoms. The van der Waals surface area contributed by atoms with E-state index < -0.39 is 10.0 Å². The number of carbonyl (C=O) groups is 1. The number of hydrogen-bond acceptors (Lipinski definition) is 3. The van der Waals surface area contributed by atoms with Gasteiger partial charge in [-0.25, -0.2) is 8.42 Å². The van der Waals surface area contributed by atoms with Gasteiger partial charge in [-0.15, -0.1) is 0 Å². The molecule has 1 heterocycles. The zero-order valence-corrected chi connectivity index (χ0v) is 18.2. The molecule has 0 aromatic heterocycles. The van der Waals surface area contributed by atoms with Crippen molar-refractivity contribution in [2.24, 2.45) is 0 Å². The van der Waals surface area contributed by atoms with Gasteiger partial charge in [-0.05, 0) is 48.8 Å². The monoisotopic (exact) mass is 394 g/mol. The number of benzene rings is 1. The highest BCUT2D eigenvalue weighted by Gasteiger charge is 2.27. The Labute approximate surface area is 164 Å². The van der Waals surface area contributed by atoms with Gasteiger partial charge < -0.3 is 4.90 Å². The third kappa shape index (κ3) is 5.71. The molecule has 27 heavy (non-hydrogen) atoms. The Morgan fingerprint density at radius 2 is 1.81 bits per heavy atom. The van der Waals surface area contributed by atoms with Crippen LogP contribution in [0.4, 0.5) is 5.69 Å². The smallest absolute Gasteiger partial charge is 0.232 e. The van der Waals surface area contributed by atoms with Gasteiger partial charge in [0.05, 0.1) is 11.9 Å². The summed E-state index contributed by atoms with van der Waals surface area (Å²) in [5.41, 5.74) is 1.77. The first-order chi connectivity index (χ1) is 12.5. The van der Waals surface area contributed by atoms with Gasteiger partial charge in [0.15, 0.2) is 0 Å². The standard InChI is InChI=1S/C21H34N2O3S/c1-6-18-9-7-8-15-22(18)20(24)14-16-23(27(5,25)26)19-12-10-17(11-13-19)21(2,3)4/h10-13,18H,6-9,14-16H2,1-5H3. The topological polar surface area (TPSA) is 57.7 Å². The molecule has 0 aliphatic carbocycles. The third-order valence-corrected chi connectivity index (χ3v) is 6.56. The van der Waals surface area contributed by atoms with Crippen molar-refractivity contribution < 1.29 is 13.2 Å². The zero-order valence-electron chi connectivity index (χ0n) is 17.4.